The summed E-state index contributed by atoms with van der Waals surface area (Å²) < 4.78 is 0. The first kappa shape index (κ1) is 26.6. The number of likely N-dealkylation sites (tertiary alicyclic amines) is 1. The topological polar surface area (TPSA) is 59.4 Å². The molecule has 2 fully saturated rings. The van der Waals surface area contributed by atoms with Gasteiger partial charge in [-0.25, -0.2) is 4.79 Å². The molecule has 5 rings (SSSR count). The highest BCUT2D eigenvalue weighted by molar-refractivity contribution is 6.35. The maximum Gasteiger partial charge on any atom is 0.321 e. The van der Waals surface area contributed by atoms with Gasteiger partial charge in [-0.05, 0) is 91.7 Å². The van der Waals surface area contributed by atoms with Crippen molar-refractivity contribution in [3.8, 4) is 17.2 Å². The lowest BCUT2D eigenvalue weighted by atomic mass is 9.72. The normalized spacial score (nSPS) is 17.0. The summed E-state index contributed by atoms with van der Waals surface area (Å²) in [4.78, 5) is 17.6. The summed E-state index contributed by atoms with van der Waals surface area (Å²) in [6.45, 7) is 3.85. The number of benzene rings is 3. The minimum atomic E-state index is -0.187. The van der Waals surface area contributed by atoms with E-state index in [1.54, 1.807) is 23.1 Å². The Hall–Kier alpha value is -3.04. The summed E-state index contributed by atoms with van der Waals surface area (Å²) in [5.41, 5.74) is 4.44. The molecule has 1 N–H and O–H groups in total. The monoisotopic (exact) mass is 546 g/mol. The van der Waals surface area contributed by atoms with E-state index in [0.29, 0.717) is 27.8 Å². The standard InChI is InChI=1S/C31H32Cl2N4O/c1-36(30(38)35-29-17-27(32)16-28(33)18-29)21-31(11-13-37(14-12-31)20-22-5-6-22)26-9-7-24(8-10-26)25-4-2-3-23(15-25)19-34/h2-4,7-10,15-18,22H,5-6,11-14,20-21H2,1H3,(H,35,38). The van der Waals surface area contributed by atoms with Gasteiger partial charge in [0.15, 0.2) is 0 Å². The number of piperidine rings is 1. The molecule has 1 heterocycles. The number of carbonyl (C=O) groups is 1. The maximum absolute atomic E-state index is 13.2. The lowest BCUT2D eigenvalue weighted by Gasteiger charge is -2.44. The second kappa shape index (κ2) is 11.4. The number of amides is 2. The van der Waals surface area contributed by atoms with Gasteiger partial charge in [0.1, 0.15) is 0 Å². The molecule has 2 amide bonds. The number of carbonyl (C=O) groups excluding carboxylic acids is 1. The highest BCUT2D eigenvalue weighted by Crippen LogP contribution is 2.39. The van der Waals surface area contributed by atoms with Gasteiger partial charge >= 0.3 is 6.03 Å². The summed E-state index contributed by atoms with van der Waals surface area (Å²) in [5.74, 6) is 0.865. The van der Waals surface area contributed by atoms with Crippen LogP contribution in [-0.4, -0.2) is 49.1 Å². The number of nitrogens with one attached hydrogen (secondary N) is 1. The number of hydrogen-bond donors (Lipinski definition) is 1. The van der Waals surface area contributed by atoms with Gasteiger partial charge in [-0.15, -0.1) is 0 Å². The third kappa shape index (κ3) is 6.32. The first-order valence-electron chi connectivity index (χ1n) is 13.2. The van der Waals surface area contributed by atoms with Crippen LogP contribution in [-0.2, 0) is 5.41 Å². The van der Waals surface area contributed by atoms with Crippen molar-refractivity contribution in [1.29, 1.82) is 5.26 Å². The van der Waals surface area contributed by atoms with E-state index in [0.717, 1.165) is 43.0 Å². The Morgan fingerprint density at radius 1 is 1.03 bits per heavy atom. The fourth-order valence-corrected chi connectivity index (χ4v) is 6.05. The Morgan fingerprint density at radius 2 is 1.71 bits per heavy atom. The van der Waals surface area contributed by atoms with Gasteiger partial charge in [0.05, 0.1) is 11.6 Å². The van der Waals surface area contributed by atoms with E-state index in [4.69, 9.17) is 23.2 Å². The van der Waals surface area contributed by atoms with E-state index in [2.05, 4.69) is 40.6 Å². The number of nitrogens with zero attached hydrogens (tertiary/aromatic N) is 3. The predicted molar refractivity (Wildman–Crippen MR) is 155 cm³/mol. The first-order chi connectivity index (χ1) is 18.3. The van der Waals surface area contributed by atoms with Crippen LogP contribution < -0.4 is 5.32 Å². The Labute approximate surface area is 235 Å². The number of nitriles is 1. The van der Waals surface area contributed by atoms with Crippen molar-refractivity contribution in [2.24, 2.45) is 5.92 Å². The average molecular weight is 548 g/mol. The van der Waals surface area contributed by atoms with Gasteiger partial charge < -0.3 is 15.1 Å². The molecule has 0 bridgehead atoms. The summed E-state index contributed by atoms with van der Waals surface area (Å²) in [6, 6.07) is 23.4. The molecule has 1 saturated carbocycles. The SMILES string of the molecule is CN(CC1(c2ccc(-c3cccc(C#N)c3)cc2)CCN(CC2CC2)CC1)C(=O)Nc1cc(Cl)cc(Cl)c1. The van der Waals surface area contributed by atoms with Crippen molar-refractivity contribution in [3.05, 3.63) is 87.9 Å². The fourth-order valence-electron chi connectivity index (χ4n) is 5.52. The van der Waals surface area contributed by atoms with Gasteiger partial charge in [0, 0.05) is 41.3 Å². The van der Waals surface area contributed by atoms with Gasteiger partial charge in [-0.1, -0.05) is 59.6 Å². The van der Waals surface area contributed by atoms with E-state index in [-0.39, 0.29) is 11.4 Å². The zero-order valence-corrected chi connectivity index (χ0v) is 23.1. The van der Waals surface area contributed by atoms with Crippen LogP contribution in [0.15, 0.2) is 66.7 Å². The molecule has 7 heteroatoms. The van der Waals surface area contributed by atoms with Crippen LogP contribution in [0, 0.1) is 17.2 Å². The summed E-state index contributed by atoms with van der Waals surface area (Å²) in [6.07, 6.45) is 4.69. The molecule has 0 unspecified atom stereocenters. The number of anilines is 1. The highest BCUT2D eigenvalue weighted by Gasteiger charge is 2.39. The number of urea groups is 1. The molecular formula is C31H32Cl2N4O. The number of hydrogen-bond acceptors (Lipinski definition) is 3. The molecule has 2 aliphatic rings. The zero-order valence-electron chi connectivity index (χ0n) is 21.6. The Morgan fingerprint density at radius 3 is 2.34 bits per heavy atom. The Balaban J connectivity index is 1.36. The molecule has 5 nitrogen and oxygen atoms in total. The number of likely N-dealkylation sites (N-methyl/N-ethyl adjacent to an activating group) is 1. The minimum absolute atomic E-state index is 0.148. The molecule has 1 aliphatic heterocycles. The van der Waals surface area contributed by atoms with Crippen LogP contribution in [0.2, 0.25) is 10.0 Å². The van der Waals surface area contributed by atoms with Crippen molar-refractivity contribution in [2.45, 2.75) is 31.1 Å². The molecule has 0 radical (unpaired) electrons. The third-order valence-corrected chi connectivity index (χ3v) is 8.29. The average Bonchev–Trinajstić information content (AvgIpc) is 3.73. The first-order valence-corrected chi connectivity index (χ1v) is 13.9. The van der Waals surface area contributed by atoms with Crippen LogP contribution in [0.5, 0.6) is 0 Å². The van der Waals surface area contributed by atoms with Crippen LogP contribution in [0.4, 0.5) is 10.5 Å². The van der Waals surface area contributed by atoms with Crippen molar-refractivity contribution >= 4 is 34.9 Å². The molecule has 38 heavy (non-hydrogen) atoms. The Kier molecular flexibility index (Phi) is 7.95. The van der Waals surface area contributed by atoms with Crippen LogP contribution in [0.1, 0.15) is 36.8 Å². The van der Waals surface area contributed by atoms with Crippen LogP contribution in [0.25, 0.3) is 11.1 Å². The molecule has 196 valence electrons. The largest absolute Gasteiger partial charge is 0.327 e. The fraction of sp³-hybridized carbons (Fsp3) is 0.355. The van der Waals surface area contributed by atoms with E-state index >= 15 is 0 Å². The minimum Gasteiger partial charge on any atom is -0.327 e. The van der Waals surface area contributed by atoms with Crippen molar-refractivity contribution in [3.63, 3.8) is 0 Å². The van der Waals surface area contributed by atoms with E-state index in [1.165, 1.54) is 24.9 Å². The van der Waals surface area contributed by atoms with E-state index < -0.39 is 0 Å². The van der Waals surface area contributed by atoms with E-state index in [9.17, 15) is 10.1 Å². The maximum atomic E-state index is 13.2. The molecule has 1 aliphatic carbocycles. The lowest BCUT2D eigenvalue weighted by molar-refractivity contribution is 0.129. The number of rotatable bonds is 7. The van der Waals surface area contributed by atoms with Crippen LogP contribution >= 0.6 is 23.2 Å². The predicted octanol–water partition coefficient (Wildman–Crippen LogP) is 7.44. The van der Waals surface area contributed by atoms with E-state index in [1.807, 2.05) is 31.3 Å². The number of halogens is 2. The second-order valence-corrected chi connectivity index (χ2v) is 11.6. The van der Waals surface area contributed by atoms with Gasteiger partial charge in [-0.2, -0.15) is 5.26 Å². The quantitative estimate of drug-likeness (QED) is 0.335. The molecule has 3 aromatic carbocycles. The third-order valence-electron chi connectivity index (χ3n) is 7.85. The molecule has 3 aromatic rings. The smallest absolute Gasteiger partial charge is 0.321 e. The van der Waals surface area contributed by atoms with Gasteiger partial charge in [-0.3, -0.25) is 0 Å². The van der Waals surface area contributed by atoms with Crippen molar-refractivity contribution in [1.82, 2.24) is 9.80 Å². The molecule has 0 spiro atoms. The lowest BCUT2D eigenvalue weighted by Crippen LogP contribution is -2.50. The van der Waals surface area contributed by atoms with Crippen molar-refractivity contribution < 1.29 is 4.79 Å². The zero-order chi connectivity index (χ0) is 26.7. The van der Waals surface area contributed by atoms with Crippen molar-refractivity contribution in [2.75, 3.05) is 38.5 Å². The molecular weight excluding hydrogens is 515 g/mol. The summed E-state index contributed by atoms with van der Waals surface area (Å²) in [7, 11) is 1.85. The molecule has 1 saturated heterocycles. The van der Waals surface area contributed by atoms with Crippen LogP contribution in [0.3, 0.4) is 0 Å². The molecule has 0 aromatic heterocycles. The highest BCUT2D eigenvalue weighted by atomic mass is 35.5. The second-order valence-electron chi connectivity index (χ2n) is 10.7. The van der Waals surface area contributed by atoms with Gasteiger partial charge in [0.2, 0.25) is 0 Å². The summed E-state index contributed by atoms with van der Waals surface area (Å²) >= 11 is 12.3. The Bertz CT molecular complexity index is 1320. The van der Waals surface area contributed by atoms with Gasteiger partial charge in [0.25, 0.3) is 0 Å². The molecule has 0 atom stereocenters. The summed E-state index contributed by atoms with van der Waals surface area (Å²) in [5, 5.41) is 13.2.